The van der Waals surface area contributed by atoms with Crippen LogP contribution in [-0.4, -0.2) is 25.8 Å². The molecule has 2 N–H and O–H groups in total. The van der Waals surface area contributed by atoms with Gasteiger partial charge in [-0.3, -0.25) is 9.78 Å². The molecule has 2 aromatic heterocycles. The number of benzene rings is 1. The van der Waals surface area contributed by atoms with E-state index in [9.17, 15) is 19.1 Å². The van der Waals surface area contributed by atoms with Gasteiger partial charge in [0.25, 0.3) is 5.56 Å². The highest BCUT2D eigenvalue weighted by atomic mass is 19.1. The maximum absolute atomic E-state index is 14.3. The first-order valence-corrected chi connectivity index (χ1v) is 12.0. The standard InChI is InChI=1S/C26H32FN3O4/c1-2-26(33,20-10-11-22(27)23(16-20)34-17-19-8-9-19)18-30-14-5-7-21(30)6-3-4-13-29-15-12-24(31)28-25(29)32/h5,7,10-12,14-16,19,33H,2-4,6,8-9,13,17-18H2,1H3,(H,28,31,32)/t26-/m1/s1. The van der Waals surface area contributed by atoms with Crippen molar-refractivity contribution in [2.45, 2.75) is 64.1 Å². The van der Waals surface area contributed by atoms with Crippen molar-refractivity contribution in [3.63, 3.8) is 0 Å². The molecule has 182 valence electrons. The molecule has 1 aliphatic carbocycles. The number of aliphatic hydroxyl groups is 1. The molecule has 34 heavy (non-hydrogen) atoms. The second kappa shape index (κ2) is 10.4. The summed E-state index contributed by atoms with van der Waals surface area (Å²) in [5.41, 5.74) is -0.247. The molecule has 0 unspecified atom stereocenters. The molecule has 0 saturated heterocycles. The Bertz CT molecular complexity index is 1230. The van der Waals surface area contributed by atoms with E-state index in [1.807, 2.05) is 29.8 Å². The summed E-state index contributed by atoms with van der Waals surface area (Å²) < 4.78 is 23.5. The number of ether oxygens (including phenoxy) is 1. The molecule has 0 amide bonds. The van der Waals surface area contributed by atoms with Crippen molar-refractivity contribution in [1.29, 1.82) is 0 Å². The van der Waals surface area contributed by atoms with Gasteiger partial charge in [-0.1, -0.05) is 13.0 Å². The Hall–Kier alpha value is -3.13. The lowest BCUT2D eigenvalue weighted by Gasteiger charge is -2.29. The predicted octanol–water partition coefficient (Wildman–Crippen LogP) is 3.59. The number of H-pyrrole nitrogens is 1. The summed E-state index contributed by atoms with van der Waals surface area (Å²) in [7, 11) is 0. The van der Waals surface area contributed by atoms with Gasteiger partial charge in [0.05, 0.1) is 13.2 Å². The molecule has 1 saturated carbocycles. The summed E-state index contributed by atoms with van der Waals surface area (Å²) in [5.74, 6) is 0.297. The summed E-state index contributed by atoms with van der Waals surface area (Å²) in [6.07, 6.45) is 8.56. The maximum atomic E-state index is 14.3. The fourth-order valence-corrected chi connectivity index (χ4v) is 4.12. The van der Waals surface area contributed by atoms with Crippen LogP contribution in [0.15, 0.2) is 58.4 Å². The molecular formula is C26H32FN3O4. The molecule has 8 heteroatoms. The summed E-state index contributed by atoms with van der Waals surface area (Å²) in [5, 5.41) is 11.5. The minimum Gasteiger partial charge on any atom is -0.490 e. The quantitative estimate of drug-likeness (QED) is 0.397. The van der Waals surface area contributed by atoms with Crippen LogP contribution < -0.4 is 16.0 Å². The number of aryl methyl sites for hydroxylation is 2. The third-order valence-electron chi connectivity index (χ3n) is 6.56. The van der Waals surface area contributed by atoms with Crippen molar-refractivity contribution >= 4 is 0 Å². The number of hydrogen-bond acceptors (Lipinski definition) is 4. The van der Waals surface area contributed by atoms with Crippen molar-refractivity contribution < 1.29 is 14.2 Å². The van der Waals surface area contributed by atoms with Gasteiger partial charge in [0.1, 0.15) is 5.60 Å². The van der Waals surface area contributed by atoms with Gasteiger partial charge in [0.2, 0.25) is 0 Å². The van der Waals surface area contributed by atoms with Crippen LogP contribution in [0.25, 0.3) is 0 Å². The summed E-state index contributed by atoms with van der Waals surface area (Å²) >= 11 is 0. The Kier molecular flexibility index (Phi) is 7.36. The number of nitrogens with one attached hydrogen (secondary N) is 1. The molecule has 7 nitrogen and oxygen atoms in total. The second-order valence-corrected chi connectivity index (χ2v) is 9.17. The maximum Gasteiger partial charge on any atom is 0.328 e. The van der Waals surface area contributed by atoms with Crippen molar-refractivity contribution in [2.75, 3.05) is 6.61 Å². The van der Waals surface area contributed by atoms with E-state index in [4.69, 9.17) is 4.74 Å². The van der Waals surface area contributed by atoms with Crippen LogP contribution in [0.2, 0.25) is 0 Å². The van der Waals surface area contributed by atoms with E-state index in [2.05, 4.69) is 4.98 Å². The average Bonchev–Trinajstić information content (AvgIpc) is 3.55. The Balaban J connectivity index is 1.39. The molecule has 1 aliphatic rings. The van der Waals surface area contributed by atoms with E-state index in [0.717, 1.165) is 37.8 Å². The van der Waals surface area contributed by atoms with Crippen LogP contribution in [0, 0.1) is 11.7 Å². The highest BCUT2D eigenvalue weighted by Gasteiger charge is 2.30. The molecule has 1 fully saturated rings. The number of rotatable bonds is 12. The SMILES string of the molecule is CC[C@@](O)(Cn1cccc1CCCCn1ccc(=O)[nH]c1=O)c1ccc(F)c(OCC2CC2)c1. The highest BCUT2D eigenvalue weighted by molar-refractivity contribution is 5.34. The largest absolute Gasteiger partial charge is 0.490 e. The first-order chi connectivity index (χ1) is 16.4. The van der Waals surface area contributed by atoms with Crippen molar-refractivity contribution in [3.05, 3.63) is 86.7 Å². The zero-order valence-corrected chi connectivity index (χ0v) is 19.5. The number of halogens is 1. The van der Waals surface area contributed by atoms with E-state index in [1.54, 1.807) is 12.1 Å². The number of nitrogens with zero attached hydrogens (tertiary/aromatic N) is 2. The summed E-state index contributed by atoms with van der Waals surface area (Å²) in [6, 6.07) is 9.95. The topological polar surface area (TPSA) is 89.2 Å². The van der Waals surface area contributed by atoms with E-state index < -0.39 is 22.7 Å². The zero-order chi connectivity index (χ0) is 24.1. The van der Waals surface area contributed by atoms with Crippen LogP contribution in [0.1, 0.15) is 50.3 Å². The predicted molar refractivity (Wildman–Crippen MR) is 127 cm³/mol. The lowest BCUT2D eigenvalue weighted by molar-refractivity contribution is 0.0134. The minimum absolute atomic E-state index is 0.196. The second-order valence-electron chi connectivity index (χ2n) is 9.17. The zero-order valence-electron chi connectivity index (χ0n) is 19.5. The van der Waals surface area contributed by atoms with Gasteiger partial charge in [-0.2, -0.15) is 0 Å². The molecule has 4 rings (SSSR count). The lowest BCUT2D eigenvalue weighted by atomic mass is 9.90. The molecule has 0 radical (unpaired) electrons. The Morgan fingerprint density at radius 1 is 1.15 bits per heavy atom. The third kappa shape index (κ3) is 5.86. The van der Waals surface area contributed by atoms with Crippen molar-refractivity contribution in [1.82, 2.24) is 14.1 Å². The smallest absolute Gasteiger partial charge is 0.328 e. The molecule has 0 spiro atoms. The van der Waals surface area contributed by atoms with E-state index in [1.165, 1.54) is 22.9 Å². The molecule has 2 heterocycles. The van der Waals surface area contributed by atoms with Crippen LogP contribution in [0.5, 0.6) is 5.75 Å². The fraction of sp³-hybridized carbons (Fsp3) is 0.462. The average molecular weight is 470 g/mol. The van der Waals surface area contributed by atoms with E-state index in [0.29, 0.717) is 37.6 Å². The first kappa shape index (κ1) is 24.0. The van der Waals surface area contributed by atoms with Crippen molar-refractivity contribution in [2.24, 2.45) is 5.92 Å². The van der Waals surface area contributed by atoms with E-state index in [-0.39, 0.29) is 5.75 Å². The molecule has 0 bridgehead atoms. The van der Waals surface area contributed by atoms with Crippen LogP contribution >= 0.6 is 0 Å². The van der Waals surface area contributed by atoms with Crippen LogP contribution in [-0.2, 0) is 25.1 Å². The lowest BCUT2D eigenvalue weighted by Crippen LogP contribution is -2.31. The molecule has 3 aromatic rings. The van der Waals surface area contributed by atoms with Gasteiger partial charge in [-0.15, -0.1) is 0 Å². The fourth-order valence-electron chi connectivity index (χ4n) is 4.12. The highest BCUT2D eigenvalue weighted by Crippen LogP contribution is 2.34. The molecular weight excluding hydrogens is 437 g/mol. The summed E-state index contributed by atoms with van der Waals surface area (Å²) in [4.78, 5) is 25.3. The van der Waals surface area contributed by atoms with Gasteiger partial charge in [-0.05, 0) is 74.3 Å². The third-order valence-corrected chi connectivity index (χ3v) is 6.56. The van der Waals surface area contributed by atoms with E-state index >= 15 is 0 Å². The van der Waals surface area contributed by atoms with Gasteiger partial charge in [-0.25, -0.2) is 9.18 Å². The number of unbranched alkanes of at least 4 members (excludes halogenated alkanes) is 1. The number of aromatic amines is 1. The van der Waals surface area contributed by atoms with Gasteiger partial charge >= 0.3 is 5.69 Å². The summed E-state index contributed by atoms with van der Waals surface area (Å²) in [6.45, 7) is 3.30. The Morgan fingerprint density at radius 2 is 1.97 bits per heavy atom. The van der Waals surface area contributed by atoms with Gasteiger partial charge in [0, 0.05) is 30.7 Å². The molecule has 0 aliphatic heterocycles. The van der Waals surface area contributed by atoms with Crippen LogP contribution in [0.4, 0.5) is 4.39 Å². The Morgan fingerprint density at radius 3 is 2.71 bits per heavy atom. The van der Waals surface area contributed by atoms with Gasteiger partial charge < -0.3 is 19.0 Å². The number of hydrogen-bond donors (Lipinski definition) is 2. The monoisotopic (exact) mass is 469 g/mol. The first-order valence-electron chi connectivity index (χ1n) is 12.0. The normalized spacial score (nSPS) is 15.3. The van der Waals surface area contributed by atoms with Crippen LogP contribution in [0.3, 0.4) is 0 Å². The molecule has 1 atom stereocenters. The Labute approximate surface area is 197 Å². The van der Waals surface area contributed by atoms with Gasteiger partial charge in [0.15, 0.2) is 11.6 Å². The number of aromatic nitrogens is 3. The van der Waals surface area contributed by atoms with Crippen molar-refractivity contribution in [3.8, 4) is 5.75 Å². The molecule has 1 aromatic carbocycles. The minimum atomic E-state index is -1.16.